The van der Waals surface area contributed by atoms with Crippen molar-refractivity contribution in [3.8, 4) is 0 Å². The first-order valence-corrected chi connectivity index (χ1v) is 7.34. The summed E-state index contributed by atoms with van der Waals surface area (Å²) in [5.41, 5.74) is 1.36. The van der Waals surface area contributed by atoms with Crippen LogP contribution in [0.15, 0.2) is 30.3 Å². The third kappa shape index (κ3) is 5.33. The summed E-state index contributed by atoms with van der Waals surface area (Å²) >= 11 is 0. The molecular weight excluding hydrogens is 252 g/mol. The van der Waals surface area contributed by atoms with Gasteiger partial charge >= 0.3 is 0 Å². The smallest absolute Gasteiger partial charge is 0.300 e. The molecule has 0 aromatic heterocycles. The number of aliphatic carboxylic acids is 1. The largest absolute Gasteiger partial charge is 0.481 e. The average Bonchev–Trinajstić information content (AvgIpc) is 2.38. The Hall–Kier alpha value is -1.35. The van der Waals surface area contributed by atoms with Gasteiger partial charge < -0.3 is 10.2 Å². The number of rotatable bonds is 2. The summed E-state index contributed by atoms with van der Waals surface area (Å²) in [7, 11) is 0. The molecule has 112 valence electrons. The zero-order chi connectivity index (χ0) is 15.1. The molecule has 0 heterocycles. The van der Waals surface area contributed by atoms with Crippen LogP contribution in [-0.2, 0) is 4.79 Å². The van der Waals surface area contributed by atoms with E-state index in [1.165, 1.54) is 18.4 Å². The van der Waals surface area contributed by atoms with Crippen molar-refractivity contribution in [1.29, 1.82) is 0 Å². The molecule has 20 heavy (non-hydrogen) atoms. The van der Waals surface area contributed by atoms with Gasteiger partial charge in [-0.3, -0.25) is 4.79 Å². The van der Waals surface area contributed by atoms with Gasteiger partial charge in [0, 0.05) is 6.92 Å². The van der Waals surface area contributed by atoms with Crippen LogP contribution in [0.5, 0.6) is 0 Å². The highest BCUT2D eigenvalue weighted by Crippen LogP contribution is 2.37. The van der Waals surface area contributed by atoms with Crippen LogP contribution in [0.25, 0.3) is 0 Å². The average molecular weight is 278 g/mol. The summed E-state index contributed by atoms with van der Waals surface area (Å²) in [6.07, 6.45) is 3.29. The molecule has 0 radical (unpaired) electrons. The molecule has 4 atom stereocenters. The van der Waals surface area contributed by atoms with E-state index in [4.69, 9.17) is 9.90 Å². The van der Waals surface area contributed by atoms with Gasteiger partial charge in [0.25, 0.3) is 5.97 Å². The van der Waals surface area contributed by atoms with Crippen LogP contribution in [0.4, 0.5) is 0 Å². The van der Waals surface area contributed by atoms with Gasteiger partial charge in [-0.1, -0.05) is 50.6 Å². The van der Waals surface area contributed by atoms with Crippen LogP contribution >= 0.6 is 0 Å². The van der Waals surface area contributed by atoms with Crippen LogP contribution in [0.3, 0.4) is 0 Å². The van der Waals surface area contributed by atoms with Crippen molar-refractivity contribution in [1.82, 2.24) is 0 Å². The molecule has 1 saturated carbocycles. The Labute approximate surface area is 121 Å². The quantitative estimate of drug-likeness (QED) is 0.867. The van der Waals surface area contributed by atoms with Crippen LogP contribution in [0, 0.1) is 11.8 Å². The summed E-state index contributed by atoms with van der Waals surface area (Å²) in [6.45, 7) is 5.58. The first-order chi connectivity index (χ1) is 9.41. The molecule has 1 fully saturated rings. The van der Waals surface area contributed by atoms with E-state index in [9.17, 15) is 5.11 Å². The Bertz CT molecular complexity index is 398. The SMILES string of the molecule is CC(=O)O.CC1CCC(C(C)c2ccccc2)C(O)C1. The normalized spacial score (nSPS) is 27.1. The number of hydrogen-bond acceptors (Lipinski definition) is 2. The lowest BCUT2D eigenvalue weighted by Gasteiger charge is -2.35. The molecule has 1 aliphatic rings. The van der Waals surface area contributed by atoms with E-state index >= 15 is 0 Å². The lowest BCUT2D eigenvalue weighted by molar-refractivity contribution is -0.134. The molecule has 1 aromatic rings. The summed E-state index contributed by atoms with van der Waals surface area (Å²) < 4.78 is 0. The van der Waals surface area contributed by atoms with Crippen molar-refractivity contribution >= 4 is 5.97 Å². The fourth-order valence-electron chi connectivity index (χ4n) is 2.96. The van der Waals surface area contributed by atoms with Gasteiger partial charge in [-0.2, -0.15) is 0 Å². The summed E-state index contributed by atoms with van der Waals surface area (Å²) in [5.74, 6) is 0.775. The standard InChI is InChI=1S/C15H22O.C2H4O2/c1-11-8-9-14(15(16)10-11)12(2)13-6-4-3-5-7-13;1-2(3)4/h3-7,11-12,14-16H,8-10H2,1-2H3;1H3,(H,3,4). The van der Waals surface area contributed by atoms with E-state index in [1.54, 1.807) is 0 Å². The Morgan fingerprint density at radius 2 is 1.80 bits per heavy atom. The van der Waals surface area contributed by atoms with Gasteiger partial charge in [-0.25, -0.2) is 0 Å². The van der Waals surface area contributed by atoms with Crippen LogP contribution in [0.1, 0.15) is 51.5 Å². The Morgan fingerprint density at radius 1 is 1.25 bits per heavy atom. The van der Waals surface area contributed by atoms with Crippen molar-refractivity contribution in [2.24, 2.45) is 11.8 Å². The predicted molar refractivity (Wildman–Crippen MR) is 80.7 cm³/mol. The predicted octanol–water partition coefficient (Wildman–Crippen LogP) is 3.68. The highest BCUT2D eigenvalue weighted by Gasteiger charge is 2.31. The maximum absolute atomic E-state index is 10.2. The molecule has 0 bridgehead atoms. The molecular formula is C17H26O3. The topological polar surface area (TPSA) is 57.5 Å². The number of carbonyl (C=O) groups is 1. The second-order valence-electron chi connectivity index (χ2n) is 5.87. The van der Waals surface area contributed by atoms with Crippen LogP contribution in [0.2, 0.25) is 0 Å². The summed E-state index contributed by atoms with van der Waals surface area (Å²) in [6, 6.07) is 10.6. The van der Waals surface area contributed by atoms with Gasteiger partial charge in [0.05, 0.1) is 6.10 Å². The van der Waals surface area contributed by atoms with E-state index in [-0.39, 0.29) is 6.10 Å². The summed E-state index contributed by atoms with van der Waals surface area (Å²) in [5, 5.41) is 17.6. The van der Waals surface area contributed by atoms with Crippen molar-refractivity contribution < 1.29 is 15.0 Å². The lowest BCUT2D eigenvalue weighted by atomic mass is 9.73. The number of hydrogen-bond donors (Lipinski definition) is 2. The molecule has 1 aliphatic carbocycles. The van der Waals surface area contributed by atoms with E-state index in [0.29, 0.717) is 17.8 Å². The van der Waals surface area contributed by atoms with Gasteiger partial charge in [0.2, 0.25) is 0 Å². The maximum atomic E-state index is 10.2. The second kappa shape index (κ2) is 8.05. The Kier molecular flexibility index (Phi) is 6.73. The fourth-order valence-corrected chi connectivity index (χ4v) is 2.96. The first-order valence-electron chi connectivity index (χ1n) is 7.34. The van der Waals surface area contributed by atoms with Crippen LogP contribution in [-0.4, -0.2) is 22.3 Å². The van der Waals surface area contributed by atoms with Gasteiger partial charge in [-0.15, -0.1) is 0 Å². The first kappa shape index (κ1) is 16.7. The Balaban J connectivity index is 0.000000444. The molecule has 3 heteroatoms. The van der Waals surface area contributed by atoms with Crippen molar-refractivity contribution in [2.75, 3.05) is 0 Å². The third-order valence-corrected chi connectivity index (χ3v) is 4.10. The second-order valence-corrected chi connectivity index (χ2v) is 5.87. The van der Waals surface area contributed by atoms with E-state index in [1.807, 2.05) is 0 Å². The van der Waals surface area contributed by atoms with Gasteiger partial charge in [0.1, 0.15) is 0 Å². The monoisotopic (exact) mass is 278 g/mol. The number of aliphatic hydroxyl groups is 1. The molecule has 0 spiro atoms. The minimum Gasteiger partial charge on any atom is -0.481 e. The highest BCUT2D eigenvalue weighted by atomic mass is 16.4. The van der Waals surface area contributed by atoms with Crippen molar-refractivity contribution in [2.45, 2.75) is 52.1 Å². The summed E-state index contributed by atoms with van der Waals surface area (Å²) in [4.78, 5) is 9.00. The molecule has 0 amide bonds. The molecule has 2 rings (SSSR count). The van der Waals surface area contributed by atoms with E-state index < -0.39 is 5.97 Å². The molecule has 0 saturated heterocycles. The zero-order valence-corrected chi connectivity index (χ0v) is 12.6. The Morgan fingerprint density at radius 3 is 2.30 bits per heavy atom. The molecule has 3 nitrogen and oxygen atoms in total. The third-order valence-electron chi connectivity index (χ3n) is 4.10. The minimum absolute atomic E-state index is 0.112. The van der Waals surface area contributed by atoms with Crippen molar-refractivity contribution in [3.05, 3.63) is 35.9 Å². The minimum atomic E-state index is -0.833. The molecule has 4 unspecified atom stereocenters. The molecule has 2 N–H and O–H groups in total. The fraction of sp³-hybridized carbons (Fsp3) is 0.588. The van der Waals surface area contributed by atoms with E-state index in [0.717, 1.165) is 13.3 Å². The van der Waals surface area contributed by atoms with E-state index in [2.05, 4.69) is 44.2 Å². The van der Waals surface area contributed by atoms with Crippen LogP contribution < -0.4 is 0 Å². The number of carboxylic acids is 1. The van der Waals surface area contributed by atoms with Gasteiger partial charge in [0.15, 0.2) is 0 Å². The van der Waals surface area contributed by atoms with Crippen molar-refractivity contribution in [3.63, 3.8) is 0 Å². The lowest BCUT2D eigenvalue weighted by Crippen LogP contribution is -2.31. The molecule has 1 aromatic carbocycles. The zero-order valence-electron chi connectivity index (χ0n) is 12.6. The number of benzene rings is 1. The maximum Gasteiger partial charge on any atom is 0.300 e. The molecule has 0 aliphatic heterocycles. The number of carboxylic acid groups (broad SMARTS) is 1. The van der Waals surface area contributed by atoms with Gasteiger partial charge in [-0.05, 0) is 36.2 Å². The highest BCUT2D eigenvalue weighted by molar-refractivity contribution is 5.62. The number of aliphatic hydroxyl groups excluding tert-OH is 1.